The lowest BCUT2D eigenvalue weighted by molar-refractivity contribution is 0.188. The van der Waals surface area contributed by atoms with Crippen LogP contribution in [0.2, 0.25) is 0 Å². The van der Waals surface area contributed by atoms with Gasteiger partial charge >= 0.3 is 5.69 Å². The van der Waals surface area contributed by atoms with Crippen molar-refractivity contribution in [3.05, 3.63) is 89.3 Å². The molecule has 0 aliphatic carbocycles. The molecule has 3 heterocycles. The first-order chi connectivity index (χ1) is 16.3. The molecule has 1 atom stereocenters. The lowest BCUT2D eigenvalue weighted by Gasteiger charge is -2.39. The van der Waals surface area contributed by atoms with Crippen LogP contribution in [-0.2, 0) is 0 Å². The second-order valence-corrected chi connectivity index (χ2v) is 10.3. The number of nitrogens with one attached hydrogen (secondary N) is 1. The maximum atomic E-state index is 12.6. The fourth-order valence-electron chi connectivity index (χ4n) is 5.33. The molecule has 4 aromatic rings. The van der Waals surface area contributed by atoms with Crippen molar-refractivity contribution in [1.82, 2.24) is 14.5 Å². The number of H-pyrrole nitrogens is 1. The molecule has 2 aliphatic rings. The Kier molecular flexibility index (Phi) is 5.48. The number of imidazole rings is 1. The van der Waals surface area contributed by atoms with E-state index in [0.29, 0.717) is 5.25 Å². The minimum Gasteiger partial charge on any atom is -0.339 e. The molecule has 1 fully saturated rings. The molecule has 0 amide bonds. The van der Waals surface area contributed by atoms with Gasteiger partial charge in [-0.25, -0.2) is 4.79 Å². The molecule has 0 spiro atoms. The van der Waals surface area contributed by atoms with E-state index in [0.717, 1.165) is 50.1 Å². The van der Waals surface area contributed by atoms with Crippen LogP contribution in [0.25, 0.3) is 11.0 Å². The number of para-hydroxylation sites is 4. The van der Waals surface area contributed by atoms with Gasteiger partial charge in [-0.15, -0.1) is 11.8 Å². The van der Waals surface area contributed by atoms with Crippen molar-refractivity contribution >= 4 is 34.2 Å². The fraction of sp³-hybridized carbons (Fsp3) is 0.296. The molecule has 5 nitrogen and oxygen atoms in total. The highest BCUT2D eigenvalue weighted by molar-refractivity contribution is 8.00. The van der Waals surface area contributed by atoms with E-state index in [2.05, 4.69) is 69.4 Å². The summed E-state index contributed by atoms with van der Waals surface area (Å²) < 4.78 is 1.98. The van der Waals surface area contributed by atoms with E-state index in [9.17, 15) is 4.79 Å². The minimum atomic E-state index is 0.0209. The van der Waals surface area contributed by atoms with Crippen molar-refractivity contribution in [1.29, 1.82) is 0 Å². The maximum absolute atomic E-state index is 12.6. The lowest BCUT2D eigenvalue weighted by atomic mass is 10.0. The molecule has 0 radical (unpaired) electrons. The second kappa shape index (κ2) is 8.76. The van der Waals surface area contributed by atoms with Crippen molar-refractivity contribution in [2.24, 2.45) is 0 Å². The largest absolute Gasteiger partial charge is 0.339 e. The van der Waals surface area contributed by atoms with Crippen LogP contribution in [-0.4, -0.2) is 45.9 Å². The van der Waals surface area contributed by atoms with Gasteiger partial charge in [0, 0.05) is 48.1 Å². The molecule has 2 aliphatic heterocycles. The summed E-state index contributed by atoms with van der Waals surface area (Å²) in [6, 6.07) is 27.8. The molecule has 1 saturated heterocycles. The number of anilines is 2. The number of hydrogen-bond donors (Lipinski definition) is 1. The SMILES string of the molecule is O=c1[nH]c2ccccc2n1C1CCN(CC2CN(c3ccccc3)c3ccccc3S2)CC1. The Labute approximate surface area is 198 Å². The Bertz CT molecular complexity index is 1310. The molecule has 168 valence electrons. The van der Waals surface area contributed by atoms with E-state index in [1.165, 1.54) is 16.3 Å². The average Bonchev–Trinajstić information content (AvgIpc) is 3.20. The van der Waals surface area contributed by atoms with Crippen molar-refractivity contribution in [2.75, 3.05) is 31.1 Å². The summed E-state index contributed by atoms with van der Waals surface area (Å²) in [7, 11) is 0. The summed E-state index contributed by atoms with van der Waals surface area (Å²) >= 11 is 2.01. The molecule has 0 bridgehead atoms. The number of thioether (sulfide) groups is 1. The van der Waals surface area contributed by atoms with Gasteiger partial charge in [-0.3, -0.25) is 4.57 Å². The van der Waals surface area contributed by atoms with Gasteiger partial charge in [-0.05, 0) is 49.2 Å². The zero-order valence-electron chi connectivity index (χ0n) is 18.6. The fourth-order valence-corrected chi connectivity index (χ4v) is 6.66. The van der Waals surface area contributed by atoms with Gasteiger partial charge in [0.1, 0.15) is 0 Å². The van der Waals surface area contributed by atoms with Crippen LogP contribution in [0.5, 0.6) is 0 Å². The quantitative estimate of drug-likeness (QED) is 0.454. The predicted octanol–water partition coefficient (Wildman–Crippen LogP) is 5.28. The third-order valence-corrected chi connectivity index (χ3v) is 8.14. The zero-order chi connectivity index (χ0) is 22.2. The zero-order valence-corrected chi connectivity index (χ0v) is 19.4. The normalized spacial score (nSPS) is 19.6. The van der Waals surface area contributed by atoms with Gasteiger partial charge in [-0.2, -0.15) is 0 Å². The van der Waals surface area contributed by atoms with Crippen LogP contribution in [0.3, 0.4) is 0 Å². The molecule has 6 rings (SSSR count). The van der Waals surface area contributed by atoms with E-state index < -0.39 is 0 Å². The number of piperidine rings is 1. The number of hydrogen-bond acceptors (Lipinski definition) is 4. The van der Waals surface area contributed by atoms with Crippen LogP contribution in [0, 0.1) is 0 Å². The standard InChI is InChI=1S/C27H28N4OS/c32-27-28-23-10-4-5-11-24(23)31(27)21-14-16-29(17-15-21)18-22-19-30(20-8-2-1-3-9-20)25-12-6-7-13-26(25)33-22/h1-13,21-22H,14-19H2,(H,28,32). The molecular formula is C27H28N4OS. The van der Waals surface area contributed by atoms with E-state index in [4.69, 9.17) is 0 Å². The highest BCUT2D eigenvalue weighted by Gasteiger charge is 2.30. The van der Waals surface area contributed by atoms with E-state index in [-0.39, 0.29) is 11.7 Å². The Balaban J connectivity index is 1.16. The van der Waals surface area contributed by atoms with Crippen molar-refractivity contribution in [2.45, 2.75) is 29.0 Å². The number of nitrogens with zero attached hydrogens (tertiary/aromatic N) is 3. The van der Waals surface area contributed by atoms with Crippen LogP contribution < -0.4 is 10.6 Å². The number of fused-ring (bicyclic) bond motifs is 2. The van der Waals surface area contributed by atoms with Crippen LogP contribution in [0.4, 0.5) is 11.4 Å². The topological polar surface area (TPSA) is 44.3 Å². The van der Waals surface area contributed by atoms with Gasteiger partial charge in [0.2, 0.25) is 0 Å². The Morgan fingerprint density at radius 1 is 0.879 bits per heavy atom. The van der Waals surface area contributed by atoms with Gasteiger partial charge in [-0.1, -0.05) is 42.5 Å². The number of rotatable bonds is 4. The Morgan fingerprint density at radius 3 is 2.45 bits per heavy atom. The number of benzene rings is 3. The highest BCUT2D eigenvalue weighted by Crippen LogP contribution is 2.42. The average molecular weight is 457 g/mol. The van der Waals surface area contributed by atoms with Crippen molar-refractivity contribution in [3.63, 3.8) is 0 Å². The first-order valence-electron chi connectivity index (χ1n) is 11.8. The van der Waals surface area contributed by atoms with Crippen LogP contribution in [0.1, 0.15) is 18.9 Å². The first kappa shape index (κ1) is 20.6. The lowest BCUT2D eigenvalue weighted by Crippen LogP contribution is -2.43. The molecule has 1 aromatic heterocycles. The van der Waals surface area contributed by atoms with Gasteiger partial charge in [0.05, 0.1) is 16.7 Å². The summed E-state index contributed by atoms with van der Waals surface area (Å²) in [5, 5.41) is 0.507. The van der Waals surface area contributed by atoms with Crippen molar-refractivity contribution in [3.8, 4) is 0 Å². The van der Waals surface area contributed by atoms with E-state index in [1.807, 2.05) is 40.6 Å². The smallest absolute Gasteiger partial charge is 0.326 e. The van der Waals surface area contributed by atoms with Gasteiger partial charge < -0.3 is 14.8 Å². The Morgan fingerprint density at radius 2 is 1.61 bits per heavy atom. The van der Waals surface area contributed by atoms with E-state index in [1.54, 1.807) is 0 Å². The summed E-state index contributed by atoms with van der Waals surface area (Å²) in [4.78, 5) is 22.0. The molecular weight excluding hydrogens is 428 g/mol. The number of aromatic amines is 1. The Hall–Kier alpha value is -2.96. The summed E-state index contributed by atoms with van der Waals surface area (Å²) in [5.41, 5.74) is 4.55. The maximum Gasteiger partial charge on any atom is 0.326 e. The summed E-state index contributed by atoms with van der Waals surface area (Å²) in [5.74, 6) is 0. The van der Waals surface area contributed by atoms with Crippen molar-refractivity contribution < 1.29 is 0 Å². The second-order valence-electron chi connectivity index (χ2n) is 9.00. The summed E-state index contributed by atoms with van der Waals surface area (Å²) in [6.07, 6.45) is 2.02. The third kappa shape index (κ3) is 3.98. The minimum absolute atomic E-state index is 0.0209. The monoisotopic (exact) mass is 456 g/mol. The molecule has 3 aromatic carbocycles. The number of aromatic nitrogens is 2. The van der Waals surface area contributed by atoms with Gasteiger partial charge in [0.25, 0.3) is 0 Å². The highest BCUT2D eigenvalue weighted by atomic mass is 32.2. The first-order valence-corrected chi connectivity index (χ1v) is 12.6. The molecule has 1 N–H and O–H groups in total. The third-order valence-electron chi connectivity index (χ3n) is 6.91. The number of likely N-dealkylation sites (tertiary alicyclic amines) is 1. The molecule has 6 heteroatoms. The molecule has 1 unspecified atom stereocenters. The molecule has 0 saturated carbocycles. The van der Waals surface area contributed by atoms with Crippen LogP contribution in [0.15, 0.2) is 88.6 Å². The van der Waals surface area contributed by atoms with Gasteiger partial charge in [0.15, 0.2) is 0 Å². The van der Waals surface area contributed by atoms with Crippen LogP contribution >= 0.6 is 11.8 Å². The molecule has 33 heavy (non-hydrogen) atoms. The van der Waals surface area contributed by atoms with E-state index >= 15 is 0 Å². The predicted molar refractivity (Wildman–Crippen MR) is 137 cm³/mol. The summed E-state index contributed by atoms with van der Waals surface area (Å²) in [6.45, 7) is 4.13.